The normalized spacial score (nSPS) is 33.3. The minimum Gasteiger partial charge on any atom is -0.492 e. The molecule has 11 N–H and O–H groups in total. The van der Waals surface area contributed by atoms with E-state index in [1.807, 2.05) is 29.5 Å². The van der Waals surface area contributed by atoms with Crippen molar-refractivity contribution in [2.24, 2.45) is 5.73 Å². The van der Waals surface area contributed by atoms with Gasteiger partial charge in [-0.25, -0.2) is 4.79 Å². The molecular formula is C60H85IN4O23S3. The van der Waals surface area contributed by atoms with Gasteiger partial charge in [0, 0.05) is 49.6 Å². The van der Waals surface area contributed by atoms with Crippen LogP contribution in [0.5, 0.6) is 17.2 Å². The number of nitrogens with two attached hydrogens (primary N) is 1. The number of hydroxylamine groups is 1. The minimum absolute atomic E-state index is 0.00612. The molecule has 0 spiro atoms. The molecule has 4 fully saturated rings. The summed E-state index contributed by atoms with van der Waals surface area (Å²) >= 11 is 2.79. The Morgan fingerprint density at radius 3 is 2.23 bits per heavy atom. The van der Waals surface area contributed by atoms with E-state index in [0.29, 0.717) is 15.7 Å². The van der Waals surface area contributed by atoms with Crippen LogP contribution in [0.25, 0.3) is 0 Å². The summed E-state index contributed by atoms with van der Waals surface area (Å²) in [5, 5.41) is 72.3. The average molecular weight is 1450 g/mol. The number of carbonyl (C=O) groups is 4. The molecule has 1 aliphatic carbocycles. The van der Waals surface area contributed by atoms with E-state index in [1.54, 1.807) is 54.7 Å². The van der Waals surface area contributed by atoms with Crippen molar-refractivity contribution < 1.29 is 111 Å². The Hall–Kier alpha value is -3.86. The highest BCUT2D eigenvalue weighted by Gasteiger charge is 2.52. The number of aliphatic hydroxyl groups excluding tert-OH is 4. The van der Waals surface area contributed by atoms with Crippen molar-refractivity contribution in [1.82, 2.24) is 16.1 Å². The molecule has 6 rings (SSSR count). The van der Waals surface area contributed by atoms with E-state index < -0.39 is 149 Å². The van der Waals surface area contributed by atoms with E-state index in [2.05, 4.69) is 33.9 Å². The number of rotatable bonds is 25. The first kappa shape index (κ1) is 76.2. The molecule has 0 aromatic heterocycles. The maximum Gasteiger partial charge on any atom is 0.411 e. The molecule has 31 heteroatoms. The molecule has 0 bridgehead atoms. The maximum absolute atomic E-state index is 14.5. The number of halogens is 1. The van der Waals surface area contributed by atoms with Gasteiger partial charge in [0.1, 0.15) is 42.7 Å². The van der Waals surface area contributed by atoms with Crippen LogP contribution in [0.15, 0.2) is 35.1 Å². The maximum atomic E-state index is 14.5. The first-order valence-electron chi connectivity index (χ1n) is 29.1. The number of ketones is 1. The van der Waals surface area contributed by atoms with E-state index in [1.165, 1.54) is 62.0 Å². The van der Waals surface area contributed by atoms with Gasteiger partial charge in [0.2, 0.25) is 17.2 Å². The number of carboxylic acids is 1. The van der Waals surface area contributed by atoms with Crippen LogP contribution >= 0.6 is 55.9 Å². The summed E-state index contributed by atoms with van der Waals surface area (Å²) in [6.45, 7) is 13.9. The predicted octanol–water partition coefficient (Wildman–Crippen LogP) is 2.75. The van der Waals surface area contributed by atoms with E-state index >= 15 is 0 Å². The number of carbonyl (C=O) groups excluding carboxylic acids is 3. The number of benzene rings is 1. The lowest BCUT2D eigenvalue weighted by molar-refractivity contribution is -0.336. The van der Waals surface area contributed by atoms with Crippen molar-refractivity contribution >= 4 is 78.9 Å². The van der Waals surface area contributed by atoms with Gasteiger partial charge in [0.05, 0.1) is 96.2 Å². The van der Waals surface area contributed by atoms with Crippen molar-refractivity contribution in [3.63, 3.8) is 0 Å². The molecule has 27 nitrogen and oxygen atoms in total. The number of terminal acetylenes is 1. The van der Waals surface area contributed by atoms with Crippen molar-refractivity contribution in [3.8, 4) is 41.4 Å². The summed E-state index contributed by atoms with van der Waals surface area (Å²) in [4.78, 5) is 59.7. The number of allylic oxidation sites excluding steroid dienone is 3. The summed E-state index contributed by atoms with van der Waals surface area (Å²) < 4.78 is 71.6. The summed E-state index contributed by atoms with van der Waals surface area (Å²) in [6.07, 6.45) is -9.59. The van der Waals surface area contributed by atoms with Gasteiger partial charge in [-0.1, -0.05) is 64.1 Å². The number of alkyl carbamates (subject to hydrolysis) is 1. The third kappa shape index (κ3) is 18.4. The van der Waals surface area contributed by atoms with Gasteiger partial charge in [-0.2, -0.15) is 5.48 Å². The lowest BCUT2D eigenvalue weighted by Crippen LogP contribution is -2.65. The monoisotopic (exact) mass is 1450 g/mol. The quantitative estimate of drug-likeness (QED) is 0.0221. The number of likely N-dealkylation sites (N-methyl/N-ethyl adjacent to an activating group) is 1. The number of aliphatic carboxylic acids is 1. The highest BCUT2D eigenvalue weighted by atomic mass is 127. The second-order valence-electron chi connectivity index (χ2n) is 22.7. The summed E-state index contributed by atoms with van der Waals surface area (Å²) in [5.41, 5.74) is 7.09. The molecule has 1 amide bonds. The molecule has 4 saturated heterocycles. The Bertz CT molecular complexity index is 2910. The van der Waals surface area contributed by atoms with Gasteiger partial charge in [0.25, 0.3) is 0 Å². The first-order valence-corrected chi connectivity index (χ1v) is 33.4. The first-order chi connectivity index (χ1) is 43.0. The fraction of sp³-hybridized carbons (Fsp3) is 0.667. The summed E-state index contributed by atoms with van der Waals surface area (Å²) in [7, 11) is 9.07. The number of Topliss-reactive ketones (excluding diaryl/α,β-unsaturated/α-hetero) is 1. The fourth-order valence-corrected chi connectivity index (χ4v) is 15.1. The Labute approximate surface area is 555 Å². The Balaban J connectivity index is 1.28. The molecule has 1 aromatic carbocycles. The zero-order chi connectivity index (χ0) is 67.4. The number of ether oxygens (including phenoxy) is 12. The van der Waals surface area contributed by atoms with Gasteiger partial charge in [-0.05, 0) is 101 Å². The zero-order valence-corrected chi connectivity index (χ0v) is 57.4. The third-order valence-corrected chi connectivity index (χ3v) is 21.7. The molecule has 1 aromatic rings. The lowest BCUT2D eigenvalue weighted by Gasteiger charge is -2.46. The fourth-order valence-electron chi connectivity index (χ4n) is 10.9. The van der Waals surface area contributed by atoms with Gasteiger partial charge >= 0.3 is 12.1 Å². The minimum atomic E-state index is -1.93. The van der Waals surface area contributed by atoms with E-state index in [-0.39, 0.29) is 70.9 Å². The number of hydrogen-bond acceptors (Lipinski definition) is 28. The van der Waals surface area contributed by atoms with Crippen LogP contribution < -0.4 is 36.1 Å². The highest BCUT2D eigenvalue weighted by molar-refractivity contribution is 14.1. The molecule has 20 atom stereocenters. The number of thioether (sulfide) groups is 1. The molecule has 0 saturated carbocycles. The van der Waals surface area contributed by atoms with Crippen LogP contribution in [0.2, 0.25) is 0 Å². The van der Waals surface area contributed by atoms with Crippen molar-refractivity contribution in [2.45, 2.75) is 201 Å². The largest absolute Gasteiger partial charge is 0.492 e. The molecule has 4 aliphatic heterocycles. The number of amides is 1. The molecule has 5 aliphatic rings. The standard InChI is InChI=1S/C60H85IN4O23S3/c1-15-17-18-19-20-35(40-31(21-22-89-91-59(7,8)53(62)54(71)72)60(9,75)25-34(67)43(40)64-58(74)80-14)85-57-50(86-37-24-36(76-10)32(26-81-37)63-16-2)45(69)42(28(4)83-57)65-88-38-23-33(66)52(30(6)82-38)90-55(73)39-27(3)41(61)48(51(79-13)47(39)77-11)87-56-46(70)49(78-12)44(68)29(5)84-56/h1,17-18,21,28-30,32-33,35-38,42,44-46,49-50,52-53,56-57,63,65-66,68-70,75H,16,22-26,62H2,2-14H3,(H,64,74)(H,71,72)/b18-17-,31-21+/t28-,29+,30-,32+,33+,35+,36+,37+,38+,42-,44+,45+,46-,49-,50-,52-,53?,56+,57+,60+/m1/s1. The van der Waals surface area contributed by atoms with Crippen LogP contribution in [-0.4, -0.2) is 234 Å². The van der Waals surface area contributed by atoms with Crippen LogP contribution in [-0.2, 0) is 57.1 Å². The van der Waals surface area contributed by atoms with Crippen LogP contribution in [0.3, 0.4) is 0 Å². The Morgan fingerprint density at radius 2 is 1.62 bits per heavy atom. The second kappa shape index (κ2) is 34.2. The van der Waals surface area contributed by atoms with Crippen LogP contribution in [0, 0.1) is 34.7 Å². The number of hydrogen-bond donors (Lipinski definition) is 10. The SMILES string of the molecule is C#C/C=C\C#C[C@H](O[C@@H]1O[C@H](C)[C@@H](NO[C@H]2C[C@H](O)[C@H](SC(=O)c3c(C)c(I)c(O[C@@H]4O[C@@H](C)[C@H](O)[C@@H](OC)[C@H]4O)c(OC)c3OC)[C@@H](C)O2)[C@H](O)[C@H]1O[C@H]1C[C@H](OC)[C@@H](NCC)CO1)C1=C(NC(=O)OC)C(=O)C[C@](C)(O)/C1=C/CSSC(C)(C)C(N)C(=O)O. The molecule has 4 heterocycles. The Kier molecular flexibility index (Phi) is 28.6. The van der Waals surface area contributed by atoms with Gasteiger partial charge in [-0.15, -0.1) is 6.42 Å². The van der Waals surface area contributed by atoms with E-state index in [0.717, 1.165) is 18.9 Å². The van der Waals surface area contributed by atoms with Gasteiger partial charge in [0.15, 0.2) is 36.2 Å². The third-order valence-electron chi connectivity index (χ3n) is 15.9. The van der Waals surface area contributed by atoms with E-state index in [9.17, 15) is 49.8 Å². The second-order valence-corrected chi connectivity index (χ2v) is 27.9. The van der Waals surface area contributed by atoms with E-state index in [4.69, 9.17) is 73.8 Å². The number of carboxylic acid groups (broad SMARTS) is 1. The molecule has 91 heavy (non-hydrogen) atoms. The molecular weight excluding hydrogens is 1370 g/mol. The number of nitrogens with one attached hydrogen (secondary N) is 3. The van der Waals surface area contributed by atoms with Crippen molar-refractivity contribution in [3.05, 3.63) is 49.8 Å². The molecule has 508 valence electrons. The van der Waals surface area contributed by atoms with Gasteiger partial charge < -0.3 is 98.5 Å². The highest BCUT2D eigenvalue weighted by Crippen LogP contribution is 2.49. The average Bonchev–Trinajstić information content (AvgIpc) is 0.928. The van der Waals surface area contributed by atoms with Crippen molar-refractivity contribution in [2.75, 3.05) is 54.5 Å². The Morgan fingerprint density at radius 1 is 0.923 bits per heavy atom. The number of methoxy groups -OCH3 is 5. The number of aliphatic hydroxyl groups is 5. The van der Waals surface area contributed by atoms with Crippen LogP contribution in [0.4, 0.5) is 4.79 Å². The summed E-state index contributed by atoms with van der Waals surface area (Å²) in [5.74, 6) is 6.38. The topological polar surface area (TPSA) is 372 Å². The van der Waals surface area contributed by atoms with Crippen LogP contribution in [0.1, 0.15) is 83.7 Å². The zero-order valence-electron chi connectivity index (χ0n) is 52.8. The van der Waals surface area contributed by atoms with Gasteiger partial charge in [-0.3, -0.25) is 24.5 Å². The lowest BCUT2D eigenvalue weighted by atomic mass is 9.76. The summed E-state index contributed by atoms with van der Waals surface area (Å²) in [6, 6.07) is -2.62. The van der Waals surface area contributed by atoms with Crippen molar-refractivity contribution in [1.29, 1.82) is 0 Å². The smallest absolute Gasteiger partial charge is 0.411 e. The molecule has 1 unspecified atom stereocenters. The predicted molar refractivity (Wildman–Crippen MR) is 343 cm³/mol. The molecule has 0 radical (unpaired) electrons.